The largest absolute Gasteiger partial charge is 0.481 e. The molecule has 0 fully saturated rings. The van der Waals surface area contributed by atoms with E-state index in [-0.39, 0.29) is 25.3 Å². The van der Waals surface area contributed by atoms with E-state index in [1.807, 2.05) is 36.4 Å². The first kappa shape index (κ1) is 25.8. The number of rotatable bonds is 6. The number of nitrogens with one attached hydrogen (secondary N) is 1. The first-order valence-corrected chi connectivity index (χ1v) is 10.7. The molecule has 0 heterocycles. The Labute approximate surface area is 193 Å². The van der Waals surface area contributed by atoms with Crippen molar-refractivity contribution in [3.05, 3.63) is 68.6 Å². The second-order valence-corrected chi connectivity index (χ2v) is 9.19. The topological polar surface area (TPSA) is 92.7 Å². The van der Waals surface area contributed by atoms with Crippen LogP contribution in [0.25, 0.3) is 0 Å². The lowest BCUT2D eigenvalue weighted by Gasteiger charge is -2.19. The number of carboxylic acid groups (broad SMARTS) is 1. The van der Waals surface area contributed by atoms with Gasteiger partial charge in [0, 0.05) is 8.95 Å². The molecule has 0 aliphatic carbocycles. The van der Waals surface area contributed by atoms with Crippen molar-refractivity contribution in [1.29, 1.82) is 0 Å². The highest BCUT2D eigenvalue weighted by atomic mass is 79.9. The summed E-state index contributed by atoms with van der Waals surface area (Å²) in [6.45, 7) is 5.25. The van der Waals surface area contributed by atoms with Gasteiger partial charge in [0.15, 0.2) is 0 Å². The molecule has 0 saturated carbocycles. The second-order valence-electron chi connectivity index (χ2n) is 7.36. The SMILES string of the molecule is CC(C)(C)OC(=O)CNC(=O)Cc1ccc(Br)cc1.O=C(O)Cc1ccc(Br)cc1. The minimum atomic E-state index is -0.799. The van der Waals surface area contributed by atoms with Crippen LogP contribution in [0, 0.1) is 0 Å². The van der Waals surface area contributed by atoms with E-state index >= 15 is 0 Å². The number of carboxylic acids is 1. The van der Waals surface area contributed by atoms with Gasteiger partial charge in [-0.3, -0.25) is 14.4 Å². The third kappa shape index (κ3) is 12.4. The molecule has 2 N–H and O–H groups in total. The van der Waals surface area contributed by atoms with Gasteiger partial charge < -0.3 is 15.2 Å². The minimum Gasteiger partial charge on any atom is -0.481 e. The fourth-order valence-electron chi connectivity index (χ4n) is 2.18. The van der Waals surface area contributed by atoms with Gasteiger partial charge in [-0.1, -0.05) is 56.1 Å². The molecule has 1 amide bonds. The highest BCUT2D eigenvalue weighted by molar-refractivity contribution is 9.10. The Morgan fingerprint density at radius 1 is 0.867 bits per heavy atom. The number of halogens is 2. The number of hydrogen-bond acceptors (Lipinski definition) is 4. The van der Waals surface area contributed by atoms with E-state index in [4.69, 9.17) is 9.84 Å². The number of carbonyl (C=O) groups excluding carboxylic acids is 2. The molecular formula is C22H25Br2NO5. The number of aliphatic carboxylic acids is 1. The molecule has 0 aromatic heterocycles. The zero-order valence-electron chi connectivity index (χ0n) is 17.1. The zero-order valence-corrected chi connectivity index (χ0v) is 20.2. The Kier molecular flexibility index (Phi) is 10.8. The van der Waals surface area contributed by atoms with E-state index in [2.05, 4.69) is 37.2 Å². The summed E-state index contributed by atoms with van der Waals surface area (Å²) in [6, 6.07) is 14.7. The maximum Gasteiger partial charge on any atom is 0.325 e. The van der Waals surface area contributed by atoms with E-state index in [0.717, 1.165) is 20.1 Å². The van der Waals surface area contributed by atoms with Crippen LogP contribution in [0.5, 0.6) is 0 Å². The maximum absolute atomic E-state index is 11.6. The van der Waals surface area contributed by atoms with Crippen molar-refractivity contribution in [1.82, 2.24) is 5.32 Å². The molecule has 2 rings (SSSR count). The average Bonchev–Trinajstić information content (AvgIpc) is 2.63. The molecule has 0 saturated heterocycles. The van der Waals surface area contributed by atoms with Crippen molar-refractivity contribution >= 4 is 49.7 Å². The molecule has 6 nitrogen and oxygen atoms in total. The van der Waals surface area contributed by atoms with Crippen LogP contribution in [-0.4, -0.2) is 35.1 Å². The van der Waals surface area contributed by atoms with E-state index in [0.29, 0.717) is 0 Å². The maximum atomic E-state index is 11.6. The summed E-state index contributed by atoms with van der Waals surface area (Å²) in [5.41, 5.74) is 1.18. The average molecular weight is 543 g/mol. The lowest BCUT2D eigenvalue weighted by atomic mass is 10.1. The molecule has 0 bridgehead atoms. The van der Waals surface area contributed by atoms with Crippen LogP contribution in [0.4, 0.5) is 0 Å². The minimum absolute atomic E-state index is 0.0906. The molecule has 0 unspecified atom stereocenters. The fourth-order valence-corrected chi connectivity index (χ4v) is 2.70. The fraction of sp³-hybridized carbons (Fsp3) is 0.318. The Morgan fingerprint density at radius 3 is 1.70 bits per heavy atom. The third-order valence-electron chi connectivity index (χ3n) is 3.40. The Balaban J connectivity index is 0.000000346. The summed E-state index contributed by atoms with van der Waals surface area (Å²) in [4.78, 5) is 33.3. The van der Waals surface area contributed by atoms with Crippen LogP contribution in [0.1, 0.15) is 31.9 Å². The summed E-state index contributed by atoms with van der Waals surface area (Å²) in [5.74, 6) is -1.43. The molecule has 0 spiro atoms. The number of esters is 1. The molecular weight excluding hydrogens is 518 g/mol. The van der Waals surface area contributed by atoms with Gasteiger partial charge in [0.2, 0.25) is 5.91 Å². The van der Waals surface area contributed by atoms with Crippen molar-refractivity contribution in [2.75, 3.05) is 6.54 Å². The van der Waals surface area contributed by atoms with Crippen molar-refractivity contribution in [2.24, 2.45) is 0 Å². The van der Waals surface area contributed by atoms with E-state index in [9.17, 15) is 14.4 Å². The van der Waals surface area contributed by atoms with Crippen LogP contribution in [0.2, 0.25) is 0 Å². The van der Waals surface area contributed by atoms with Crippen LogP contribution in [0.15, 0.2) is 57.5 Å². The Hall–Kier alpha value is -2.19. The monoisotopic (exact) mass is 541 g/mol. The predicted octanol–water partition coefficient (Wildman–Crippen LogP) is 4.53. The van der Waals surface area contributed by atoms with Crippen LogP contribution in [0.3, 0.4) is 0 Å². The summed E-state index contributed by atoms with van der Waals surface area (Å²) >= 11 is 6.59. The molecule has 2 aromatic carbocycles. The van der Waals surface area contributed by atoms with Crippen molar-refractivity contribution < 1.29 is 24.2 Å². The summed E-state index contributed by atoms with van der Waals surface area (Å²) in [6.07, 6.45) is 0.337. The van der Waals surface area contributed by atoms with Crippen molar-refractivity contribution in [2.45, 2.75) is 39.2 Å². The molecule has 162 valence electrons. The molecule has 2 aromatic rings. The highest BCUT2D eigenvalue weighted by Gasteiger charge is 2.16. The predicted molar refractivity (Wildman–Crippen MR) is 122 cm³/mol. The summed E-state index contributed by atoms with van der Waals surface area (Å²) < 4.78 is 7.02. The number of hydrogen-bond donors (Lipinski definition) is 2. The molecule has 0 radical (unpaired) electrons. The van der Waals surface area contributed by atoms with Crippen LogP contribution in [-0.2, 0) is 32.0 Å². The number of amides is 1. The number of benzene rings is 2. The number of carbonyl (C=O) groups is 3. The lowest BCUT2D eigenvalue weighted by molar-refractivity contribution is -0.154. The molecule has 0 atom stereocenters. The van der Waals surface area contributed by atoms with Gasteiger partial charge in [-0.15, -0.1) is 0 Å². The smallest absolute Gasteiger partial charge is 0.325 e. The molecule has 8 heteroatoms. The van der Waals surface area contributed by atoms with E-state index in [1.54, 1.807) is 32.9 Å². The van der Waals surface area contributed by atoms with E-state index in [1.165, 1.54) is 0 Å². The summed E-state index contributed by atoms with van der Waals surface area (Å²) in [7, 11) is 0. The Bertz CT molecular complexity index is 843. The van der Waals surface area contributed by atoms with Crippen LogP contribution >= 0.6 is 31.9 Å². The van der Waals surface area contributed by atoms with Gasteiger partial charge in [-0.25, -0.2) is 0 Å². The standard InChI is InChI=1S/C14H18BrNO3.C8H7BrO2/c1-14(2,3)19-13(18)9-16-12(17)8-10-4-6-11(15)7-5-10;9-7-3-1-6(2-4-7)5-8(10)11/h4-7H,8-9H2,1-3H3,(H,16,17);1-4H,5H2,(H,10,11). The van der Waals surface area contributed by atoms with Gasteiger partial charge in [0.25, 0.3) is 0 Å². The van der Waals surface area contributed by atoms with Crippen LogP contribution < -0.4 is 5.32 Å². The van der Waals surface area contributed by atoms with Gasteiger partial charge in [-0.2, -0.15) is 0 Å². The normalized spacial score (nSPS) is 10.4. The van der Waals surface area contributed by atoms with Gasteiger partial charge in [-0.05, 0) is 56.2 Å². The summed E-state index contributed by atoms with van der Waals surface area (Å²) in [5, 5.41) is 11.0. The zero-order chi connectivity index (χ0) is 22.7. The first-order chi connectivity index (χ1) is 13.9. The first-order valence-electron chi connectivity index (χ1n) is 9.14. The third-order valence-corrected chi connectivity index (χ3v) is 4.45. The molecule has 0 aliphatic heterocycles. The second kappa shape index (κ2) is 12.5. The Morgan fingerprint density at radius 2 is 1.30 bits per heavy atom. The van der Waals surface area contributed by atoms with Gasteiger partial charge in [0.1, 0.15) is 12.1 Å². The molecule has 0 aliphatic rings. The van der Waals surface area contributed by atoms with Crippen molar-refractivity contribution in [3.63, 3.8) is 0 Å². The molecule has 30 heavy (non-hydrogen) atoms. The van der Waals surface area contributed by atoms with Gasteiger partial charge in [0.05, 0.1) is 12.8 Å². The van der Waals surface area contributed by atoms with E-state index < -0.39 is 17.5 Å². The van der Waals surface area contributed by atoms with Gasteiger partial charge >= 0.3 is 11.9 Å². The quantitative estimate of drug-likeness (QED) is 0.523. The number of ether oxygens (including phenoxy) is 1. The highest BCUT2D eigenvalue weighted by Crippen LogP contribution is 2.11. The van der Waals surface area contributed by atoms with Crippen molar-refractivity contribution in [3.8, 4) is 0 Å². The lowest BCUT2D eigenvalue weighted by Crippen LogP contribution is -2.35.